The molecule has 8 aromatic carbocycles. The van der Waals surface area contributed by atoms with Crippen LogP contribution in [-0.2, 0) is 0 Å². The van der Waals surface area contributed by atoms with Crippen LogP contribution in [0.25, 0.3) is 99.9 Å². The fraction of sp³-hybridized carbons (Fsp3) is 0. The molecule has 4 heteroatoms. The summed E-state index contributed by atoms with van der Waals surface area (Å²) in [6, 6.07) is 61.1. The second kappa shape index (κ2) is 11.9. The Morgan fingerprint density at radius 1 is 0.314 bits per heavy atom. The molecular formula is C47H29N3O. The van der Waals surface area contributed by atoms with E-state index in [1.54, 1.807) is 0 Å². The Balaban J connectivity index is 1.15. The average Bonchev–Trinajstić information content (AvgIpc) is 3.57. The fourth-order valence-corrected chi connectivity index (χ4v) is 7.10. The maximum Gasteiger partial charge on any atom is 0.164 e. The standard InChI is InChI=1S/C47H29N3O/c1-3-12-32(13-4-1)40-27-39(29-43-44(40)41-26-36-17-9-10-18-37(36)28-42(41)51-43)47-49-45(33-14-5-2-6-15-33)48-46(50-47)34-22-19-31(20-23-34)38-24-21-30-11-7-8-16-35(30)25-38/h1-29H. The third kappa shape index (κ3) is 5.22. The van der Waals surface area contributed by atoms with Gasteiger partial charge in [0.1, 0.15) is 11.2 Å². The molecule has 2 heterocycles. The van der Waals surface area contributed by atoms with Crippen LogP contribution in [0.3, 0.4) is 0 Å². The highest BCUT2D eigenvalue weighted by atomic mass is 16.3. The minimum atomic E-state index is 0.585. The van der Waals surface area contributed by atoms with Crippen LogP contribution >= 0.6 is 0 Å². The van der Waals surface area contributed by atoms with Gasteiger partial charge in [0.15, 0.2) is 17.5 Å². The molecule has 10 aromatic rings. The summed E-state index contributed by atoms with van der Waals surface area (Å²) in [6.45, 7) is 0. The first kappa shape index (κ1) is 29.0. The van der Waals surface area contributed by atoms with Crippen molar-refractivity contribution < 1.29 is 4.42 Å². The molecule has 0 radical (unpaired) electrons. The summed E-state index contributed by atoms with van der Waals surface area (Å²) in [5.41, 5.74) is 8.82. The molecule has 0 atom stereocenters. The lowest BCUT2D eigenvalue weighted by atomic mass is 9.96. The highest BCUT2D eigenvalue weighted by Crippen LogP contribution is 2.41. The first-order chi connectivity index (χ1) is 25.2. The van der Waals surface area contributed by atoms with E-state index in [9.17, 15) is 0 Å². The molecule has 0 N–H and O–H groups in total. The van der Waals surface area contributed by atoms with Crippen molar-refractivity contribution in [2.45, 2.75) is 0 Å². The number of benzene rings is 8. The molecular weight excluding hydrogens is 623 g/mol. The monoisotopic (exact) mass is 651 g/mol. The molecule has 0 aliphatic heterocycles. The number of hydrogen-bond acceptors (Lipinski definition) is 4. The molecule has 0 aliphatic carbocycles. The average molecular weight is 652 g/mol. The first-order valence-electron chi connectivity index (χ1n) is 17.1. The Kier molecular flexibility index (Phi) is 6.78. The number of nitrogens with zero attached hydrogens (tertiary/aromatic N) is 3. The predicted octanol–water partition coefficient (Wildman–Crippen LogP) is 12.4. The van der Waals surface area contributed by atoms with E-state index in [0.717, 1.165) is 60.7 Å². The summed E-state index contributed by atoms with van der Waals surface area (Å²) in [6.07, 6.45) is 0. The van der Waals surface area contributed by atoms with Crippen LogP contribution in [-0.4, -0.2) is 15.0 Å². The van der Waals surface area contributed by atoms with E-state index < -0.39 is 0 Å². The van der Waals surface area contributed by atoms with E-state index in [2.05, 4.69) is 140 Å². The first-order valence-corrected chi connectivity index (χ1v) is 17.1. The third-order valence-electron chi connectivity index (χ3n) is 9.68. The van der Waals surface area contributed by atoms with Crippen molar-refractivity contribution in [1.29, 1.82) is 0 Å². The fourth-order valence-electron chi connectivity index (χ4n) is 7.10. The highest BCUT2D eigenvalue weighted by Gasteiger charge is 2.19. The lowest BCUT2D eigenvalue weighted by Gasteiger charge is -2.11. The molecule has 0 saturated heterocycles. The zero-order valence-corrected chi connectivity index (χ0v) is 27.5. The Bertz CT molecular complexity index is 2900. The van der Waals surface area contributed by atoms with E-state index >= 15 is 0 Å². The van der Waals surface area contributed by atoms with Gasteiger partial charge in [-0.15, -0.1) is 0 Å². The van der Waals surface area contributed by atoms with Crippen LogP contribution in [0.4, 0.5) is 0 Å². The Morgan fingerprint density at radius 2 is 0.824 bits per heavy atom. The van der Waals surface area contributed by atoms with Crippen molar-refractivity contribution in [2.75, 3.05) is 0 Å². The maximum atomic E-state index is 6.63. The number of aromatic nitrogens is 3. The lowest BCUT2D eigenvalue weighted by Crippen LogP contribution is -2.00. The zero-order valence-electron chi connectivity index (χ0n) is 27.5. The molecule has 0 aliphatic rings. The Morgan fingerprint density at radius 3 is 1.51 bits per heavy atom. The summed E-state index contributed by atoms with van der Waals surface area (Å²) in [7, 11) is 0. The maximum absolute atomic E-state index is 6.63. The van der Waals surface area contributed by atoms with Gasteiger partial charge in [0.2, 0.25) is 0 Å². The largest absolute Gasteiger partial charge is 0.456 e. The number of rotatable bonds is 5. The van der Waals surface area contributed by atoms with Gasteiger partial charge in [-0.05, 0) is 74.1 Å². The number of fused-ring (bicyclic) bond motifs is 5. The van der Waals surface area contributed by atoms with E-state index in [1.165, 1.54) is 21.7 Å². The van der Waals surface area contributed by atoms with Gasteiger partial charge in [0.25, 0.3) is 0 Å². The van der Waals surface area contributed by atoms with Crippen molar-refractivity contribution in [3.8, 4) is 56.4 Å². The van der Waals surface area contributed by atoms with Crippen LogP contribution in [0.15, 0.2) is 180 Å². The molecule has 4 nitrogen and oxygen atoms in total. The molecule has 0 saturated carbocycles. The molecule has 238 valence electrons. The van der Waals surface area contributed by atoms with Crippen LogP contribution in [0, 0.1) is 0 Å². The smallest absolute Gasteiger partial charge is 0.164 e. The Labute approximate surface area is 294 Å². The molecule has 0 bridgehead atoms. The van der Waals surface area contributed by atoms with E-state index in [1.807, 2.05) is 36.4 Å². The molecule has 51 heavy (non-hydrogen) atoms. The number of hydrogen-bond donors (Lipinski definition) is 0. The van der Waals surface area contributed by atoms with Crippen molar-refractivity contribution in [3.05, 3.63) is 176 Å². The van der Waals surface area contributed by atoms with Crippen molar-refractivity contribution in [2.24, 2.45) is 0 Å². The molecule has 0 amide bonds. The van der Waals surface area contributed by atoms with Gasteiger partial charge >= 0.3 is 0 Å². The second-order valence-electron chi connectivity index (χ2n) is 12.9. The summed E-state index contributed by atoms with van der Waals surface area (Å²) in [5.74, 6) is 1.81. The number of furan rings is 1. The second-order valence-corrected chi connectivity index (χ2v) is 12.9. The van der Waals surface area contributed by atoms with Gasteiger partial charge in [-0.3, -0.25) is 0 Å². The lowest BCUT2D eigenvalue weighted by molar-refractivity contribution is 0.669. The van der Waals surface area contributed by atoms with Gasteiger partial charge < -0.3 is 4.42 Å². The van der Waals surface area contributed by atoms with Crippen molar-refractivity contribution in [3.63, 3.8) is 0 Å². The van der Waals surface area contributed by atoms with Gasteiger partial charge in [-0.1, -0.05) is 146 Å². The Hall–Kier alpha value is -6.91. The normalized spacial score (nSPS) is 11.5. The van der Waals surface area contributed by atoms with Crippen LogP contribution in [0.2, 0.25) is 0 Å². The minimum Gasteiger partial charge on any atom is -0.456 e. The molecule has 0 unspecified atom stereocenters. The summed E-state index contributed by atoms with van der Waals surface area (Å²) >= 11 is 0. The predicted molar refractivity (Wildman–Crippen MR) is 209 cm³/mol. The van der Waals surface area contributed by atoms with Gasteiger partial charge in [-0.25, -0.2) is 15.0 Å². The summed E-state index contributed by atoms with van der Waals surface area (Å²) < 4.78 is 6.63. The van der Waals surface area contributed by atoms with Crippen LogP contribution in [0.1, 0.15) is 0 Å². The molecule has 0 spiro atoms. The van der Waals surface area contributed by atoms with Gasteiger partial charge in [0.05, 0.1) is 0 Å². The molecule has 2 aromatic heterocycles. The third-order valence-corrected chi connectivity index (χ3v) is 9.68. The van der Waals surface area contributed by atoms with E-state index in [-0.39, 0.29) is 0 Å². The van der Waals surface area contributed by atoms with Crippen LogP contribution in [0.5, 0.6) is 0 Å². The molecule has 0 fully saturated rings. The van der Waals surface area contributed by atoms with Crippen molar-refractivity contribution >= 4 is 43.5 Å². The topological polar surface area (TPSA) is 51.8 Å². The highest BCUT2D eigenvalue weighted by molar-refractivity contribution is 6.16. The van der Waals surface area contributed by atoms with Gasteiger partial charge in [0, 0.05) is 27.5 Å². The SMILES string of the molecule is c1ccc(-c2nc(-c3ccc(-c4ccc5ccccc5c4)cc3)nc(-c3cc(-c4ccccc4)c4c(c3)oc3cc5ccccc5cc34)n2)cc1. The van der Waals surface area contributed by atoms with E-state index in [4.69, 9.17) is 19.4 Å². The van der Waals surface area contributed by atoms with E-state index in [0.29, 0.717) is 17.5 Å². The van der Waals surface area contributed by atoms with Crippen LogP contribution < -0.4 is 0 Å². The summed E-state index contributed by atoms with van der Waals surface area (Å²) in [5, 5.41) is 6.94. The summed E-state index contributed by atoms with van der Waals surface area (Å²) in [4.78, 5) is 15.2. The minimum absolute atomic E-state index is 0.585. The van der Waals surface area contributed by atoms with Gasteiger partial charge in [-0.2, -0.15) is 0 Å². The van der Waals surface area contributed by atoms with Crippen molar-refractivity contribution in [1.82, 2.24) is 15.0 Å². The zero-order chi connectivity index (χ0) is 33.7. The molecule has 10 rings (SSSR count). The quantitative estimate of drug-likeness (QED) is 0.186.